The largest absolute Gasteiger partial charge is 0.871 e. The molecule has 0 heterocycles. The summed E-state index contributed by atoms with van der Waals surface area (Å²) in [6, 6.07) is 0. The number of phenols is 1. The number of methoxy groups -OCH3 is 1. The Morgan fingerprint density at radius 3 is 2.47 bits per heavy atom. The Labute approximate surface area is 121 Å². The molecule has 0 saturated carbocycles. The zero-order valence-corrected chi connectivity index (χ0v) is 12.3. The number of hydrogen-bond acceptors (Lipinski definition) is 4. The highest BCUT2D eigenvalue weighted by molar-refractivity contribution is 6.40. The quantitative estimate of drug-likeness (QED) is 0.644. The normalized spacial score (nSPS) is 10.5. The molecule has 0 aliphatic carbocycles. The van der Waals surface area contributed by atoms with Gasteiger partial charge in [-0.25, -0.2) is 0 Å². The zero-order chi connectivity index (χ0) is 14.6. The van der Waals surface area contributed by atoms with Crippen LogP contribution in [0.2, 0.25) is 10.0 Å². The first kappa shape index (κ1) is 15.9. The minimum absolute atomic E-state index is 0.115. The van der Waals surface area contributed by atoms with Gasteiger partial charge in [0.15, 0.2) is 11.5 Å². The predicted molar refractivity (Wildman–Crippen MR) is 72.6 cm³/mol. The number of Topliss-reactive ketones (excluding diaryl/α,β-unsaturated/α-hetero) is 1. The number of benzene rings is 1. The second kappa shape index (κ2) is 6.87. The SMILES string of the molecule is CCCCCC(=O)c1c([O-])c(Cl)c(OC)c(Cl)c1O. The van der Waals surface area contributed by atoms with E-state index >= 15 is 0 Å². The van der Waals surface area contributed by atoms with Crippen LogP contribution in [-0.2, 0) is 0 Å². The first-order valence-electron chi connectivity index (χ1n) is 5.93. The average molecular weight is 306 g/mol. The minimum atomic E-state index is -0.748. The molecule has 1 rings (SSSR count). The van der Waals surface area contributed by atoms with Crippen molar-refractivity contribution in [2.45, 2.75) is 32.6 Å². The van der Waals surface area contributed by atoms with Crippen molar-refractivity contribution in [2.24, 2.45) is 0 Å². The Kier molecular flexibility index (Phi) is 5.76. The Morgan fingerprint density at radius 1 is 1.32 bits per heavy atom. The Morgan fingerprint density at radius 2 is 1.95 bits per heavy atom. The predicted octanol–water partition coefficient (Wildman–Crippen LogP) is 3.54. The molecular formula is C13H15Cl2O4-. The van der Waals surface area contributed by atoms with Crippen LogP contribution in [0, 0.1) is 0 Å². The molecule has 0 atom stereocenters. The fourth-order valence-corrected chi connectivity index (χ4v) is 2.31. The average Bonchev–Trinajstić information content (AvgIpc) is 2.38. The summed E-state index contributed by atoms with van der Waals surface area (Å²) >= 11 is 11.6. The van der Waals surface area contributed by atoms with Crippen LogP contribution < -0.4 is 9.84 Å². The van der Waals surface area contributed by atoms with Crippen LogP contribution >= 0.6 is 23.2 Å². The highest BCUT2D eigenvalue weighted by atomic mass is 35.5. The standard InChI is InChI=1S/C13H16Cl2O4/c1-3-4-5-6-7(16)8-11(17)9(14)13(19-2)10(15)12(8)18/h17-18H,3-6H2,1-2H3/p-1. The lowest BCUT2D eigenvalue weighted by Crippen LogP contribution is -2.07. The molecule has 0 aromatic heterocycles. The van der Waals surface area contributed by atoms with Crippen molar-refractivity contribution in [1.82, 2.24) is 0 Å². The molecule has 0 unspecified atom stereocenters. The van der Waals surface area contributed by atoms with Gasteiger partial charge in [0.2, 0.25) is 0 Å². The summed E-state index contributed by atoms with van der Waals surface area (Å²) in [5.74, 6) is -1.88. The summed E-state index contributed by atoms with van der Waals surface area (Å²) in [6.45, 7) is 2.00. The van der Waals surface area contributed by atoms with Gasteiger partial charge in [0.25, 0.3) is 0 Å². The van der Waals surface area contributed by atoms with Crippen LogP contribution in [0.1, 0.15) is 43.0 Å². The lowest BCUT2D eigenvalue weighted by atomic mass is 10.0. The van der Waals surface area contributed by atoms with Gasteiger partial charge in [-0.1, -0.05) is 48.7 Å². The van der Waals surface area contributed by atoms with Gasteiger partial charge in [0.1, 0.15) is 10.8 Å². The molecule has 6 heteroatoms. The van der Waals surface area contributed by atoms with Gasteiger partial charge < -0.3 is 14.9 Å². The monoisotopic (exact) mass is 305 g/mol. The van der Waals surface area contributed by atoms with Crippen molar-refractivity contribution in [3.05, 3.63) is 15.6 Å². The number of ketones is 1. The van der Waals surface area contributed by atoms with Gasteiger partial charge >= 0.3 is 0 Å². The van der Waals surface area contributed by atoms with E-state index in [-0.39, 0.29) is 27.8 Å². The van der Waals surface area contributed by atoms with Crippen molar-refractivity contribution in [2.75, 3.05) is 7.11 Å². The number of carbonyl (C=O) groups excluding carboxylic acids is 1. The third-order valence-electron chi connectivity index (χ3n) is 2.76. The van der Waals surface area contributed by atoms with Crippen LogP contribution in [0.25, 0.3) is 0 Å². The molecule has 0 fully saturated rings. The van der Waals surface area contributed by atoms with E-state index in [9.17, 15) is 15.0 Å². The molecule has 1 aromatic carbocycles. The third-order valence-corrected chi connectivity index (χ3v) is 3.45. The van der Waals surface area contributed by atoms with E-state index < -0.39 is 17.3 Å². The summed E-state index contributed by atoms with van der Waals surface area (Å²) in [7, 11) is 1.27. The molecule has 106 valence electrons. The number of ether oxygens (including phenoxy) is 1. The van der Waals surface area contributed by atoms with Gasteiger partial charge in [0, 0.05) is 6.42 Å². The van der Waals surface area contributed by atoms with E-state index in [1.54, 1.807) is 0 Å². The zero-order valence-electron chi connectivity index (χ0n) is 10.8. The molecule has 0 bridgehead atoms. The topological polar surface area (TPSA) is 69.6 Å². The molecule has 1 N–H and O–H groups in total. The molecule has 4 nitrogen and oxygen atoms in total. The Bertz CT molecular complexity index is 457. The van der Waals surface area contributed by atoms with Crippen molar-refractivity contribution in [3.8, 4) is 17.2 Å². The summed E-state index contributed by atoms with van der Waals surface area (Å²) < 4.78 is 4.84. The molecule has 0 aliphatic heterocycles. The van der Waals surface area contributed by atoms with Gasteiger partial charge in [0.05, 0.1) is 17.7 Å². The minimum Gasteiger partial charge on any atom is -0.871 e. The summed E-state index contributed by atoms with van der Waals surface area (Å²) in [5, 5.41) is 21.3. The third kappa shape index (κ3) is 3.25. The number of halogens is 2. The van der Waals surface area contributed by atoms with Crippen molar-refractivity contribution >= 4 is 29.0 Å². The summed E-state index contributed by atoms with van der Waals surface area (Å²) in [5.41, 5.74) is -0.355. The highest BCUT2D eigenvalue weighted by Crippen LogP contribution is 2.47. The molecule has 0 spiro atoms. The molecule has 19 heavy (non-hydrogen) atoms. The van der Waals surface area contributed by atoms with Gasteiger partial charge in [-0.2, -0.15) is 0 Å². The lowest BCUT2D eigenvalue weighted by molar-refractivity contribution is -0.268. The van der Waals surface area contributed by atoms with Crippen molar-refractivity contribution < 1.29 is 19.7 Å². The highest BCUT2D eigenvalue weighted by Gasteiger charge is 2.22. The molecular weight excluding hydrogens is 291 g/mol. The number of unbranched alkanes of at least 4 members (excludes halogenated alkanes) is 2. The second-order valence-electron chi connectivity index (χ2n) is 4.09. The maximum absolute atomic E-state index is 11.9. The van der Waals surface area contributed by atoms with Crippen molar-refractivity contribution in [3.63, 3.8) is 0 Å². The fraction of sp³-hybridized carbons (Fsp3) is 0.462. The number of hydrogen-bond donors (Lipinski definition) is 1. The van der Waals surface area contributed by atoms with Crippen LogP contribution in [0.3, 0.4) is 0 Å². The molecule has 1 aromatic rings. The fourth-order valence-electron chi connectivity index (χ4n) is 1.73. The number of carbonyl (C=O) groups is 1. The first-order valence-corrected chi connectivity index (χ1v) is 6.69. The van der Waals surface area contributed by atoms with Gasteiger partial charge in [-0.05, 0) is 6.42 Å². The molecule has 0 aliphatic rings. The van der Waals surface area contributed by atoms with Gasteiger partial charge in [-0.3, -0.25) is 4.79 Å². The molecule has 0 radical (unpaired) electrons. The smallest absolute Gasteiger partial charge is 0.166 e. The van der Waals surface area contributed by atoms with E-state index in [2.05, 4.69) is 0 Å². The van der Waals surface area contributed by atoms with Crippen molar-refractivity contribution in [1.29, 1.82) is 0 Å². The lowest BCUT2D eigenvalue weighted by Gasteiger charge is -2.20. The van der Waals surface area contributed by atoms with Crippen LogP contribution in [-0.4, -0.2) is 18.0 Å². The number of phenolic OH excluding ortho intramolecular Hbond substituents is 1. The maximum atomic E-state index is 11.9. The van der Waals surface area contributed by atoms with Crippen LogP contribution in [0.5, 0.6) is 17.2 Å². The Hall–Kier alpha value is -1.13. The van der Waals surface area contributed by atoms with E-state index in [4.69, 9.17) is 27.9 Å². The van der Waals surface area contributed by atoms with E-state index in [0.29, 0.717) is 6.42 Å². The Balaban J connectivity index is 3.18. The maximum Gasteiger partial charge on any atom is 0.166 e. The van der Waals surface area contributed by atoms with E-state index in [1.165, 1.54) is 7.11 Å². The number of rotatable bonds is 6. The first-order chi connectivity index (χ1) is 8.95. The molecule has 0 amide bonds. The van der Waals surface area contributed by atoms with E-state index in [1.807, 2.05) is 6.92 Å². The second-order valence-corrected chi connectivity index (χ2v) is 4.85. The number of aromatic hydroxyl groups is 1. The van der Waals surface area contributed by atoms with Crippen LogP contribution in [0.15, 0.2) is 0 Å². The molecule has 0 saturated heterocycles. The summed E-state index contributed by atoms with van der Waals surface area (Å²) in [6.07, 6.45) is 2.65. The van der Waals surface area contributed by atoms with Crippen LogP contribution in [0.4, 0.5) is 0 Å². The summed E-state index contributed by atoms with van der Waals surface area (Å²) in [4.78, 5) is 11.9. The van der Waals surface area contributed by atoms with Gasteiger partial charge in [-0.15, -0.1) is 0 Å². The van der Waals surface area contributed by atoms with E-state index in [0.717, 1.165) is 12.8 Å².